The fourth-order valence-corrected chi connectivity index (χ4v) is 4.82. The van der Waals surface area contributed by atoms with Crippen molar-refractivity contribution in [2.75, 3.05) is 0 Å². The molecule has 0 heterocycles. The molecule has 0 aliphatic heterocycles. The highest BCUT2D eigenvalue weighted by Crippen LogP contribution is 2.40. The van der Waals surface area contributed by atoms with Gasteiger partial charge in [0.25, 0.3) is 0 Å². The molecular formula is C20H30Cl2N2O. The highest BCUT2D eigenvalue weighted by atomic mass is 35.5. The Morgan fingerprint density at radius 2 is 1.92 bits per heavy atom. The van der Waals surface area contributed by atoms with E-state index in [0.717, 1.165) is 23.4 Å². The van der Waals surface area contributed by atoms with Crippen molar-refractivity contribution in [1.29, 1.82) is 0 Å². The van der Waals surface area contributed by atoms with E-state index < -0.39 is 5.41 Å². The van der Waals surface area contributed by atoms with Crippen molar-refractivity contribution < 1.29 is 4.79 Å². The highest BCUT2D eigenvalue weighted by molar-refractivity contribution is 6.30. The lowest BCUT2D eigenvalue weighted by molar-refractivity contribution is -0.131. The van der Waals surface area contributed by atoms with E-state index in [4.69, 9.17) is 17.3 Å². The first kappa shape index (κ1) is 20.5. The number of hydrogen-bond donors (Lipinski definition) is 2. The first-order valence-electron chi connectivity index (χ1n) is 9.16. The summed E-state index contributed by atoms with van der Waals surface area (Å²) in [4.78, 5) is 13.0. The van der Waals surface area contributed by atoms with E-state index in [0.29, 0.717) is 30.3 Å². The summed E-state index contributed by atoms with van der Waals surface area (Å²) in [6, 6.07) is 8.42. The molecule has 3 nitrogen and oxygen atoms in total. The summed E-state index contributed by atoms with van der Waals surface area (Å²) in [5, 5.41) is 4.11. The monoisotopic (exact) mass is 384 g/mol. The van der Waals surface area contributed by atoms with Crippen LogP contribution in [0.2, 0.25) is 5.02 Å². The Kier molecular flexibility index (Phi) is 6.80. The molecule has 1 amide bonds. The van der Waals surface area contributed by atoms with Crippen molar-refractivity contribution in [3.8, 4) is 0 Å². The molecule has 0 radical (unpaired) electrons. The van der Waals surface area contributed by atoms with E-state index in [1.807, 2.05) is 38.1 Å². The van der Waals surface area contributed by atoms with Crippen LogP contribution in [-0.4, -0.2) is 18.0 Å². The molecular weight excluding hydrogens is 355 g/mol. The third-order valence-electron chi connectivity index (χ3n) is 5.82. The maximum atomic E-state index is 13.0. The molecule has 2 unspecified atom stereocenters. The number of rotatable bonds is 4. The lowest BCUT2D eigenvalue weighted by atomic mass is 9.66. The van der Waals surface area contributed by atoms with Crippen molar-refractivity contribution in [3.05, 3.63) is 34.9 Å². The van der Waals surface area contributed by atoms with E-state index in [-0.39, 0.29) is 18.3 Å². The maximum absolute atomic E-state index is 13.0. The number of benzene rings is 1. The lowest BCUT2D eigenvalue weighted by Gasteiger charge is -2.46. The van der Waals surface area contributed by atoms with Crippen molar-refractivity contribution >= 4 is 29.9 Å². The van der Waals surface area contributed by atoms with Gasteiger partial charge in [0.05, 0.1) is 0 Å². The normalized spacial score (nSPS) is 28.8. The molecule has 1 aromatic carbocycles. The summed E-state index contributed by atoms with van der Waals surface area (Å²) < 4.78 is 0. The molecule has 140 valence electrons. The summed E-state index contributed by atoms with van der Waals surface area (Å²) in [6.45, 7) is 4.04. The van der Waals surface area contributed by atoms with Crippen LogP contribution in [0.3, 0.4) is 0 Å². The highest BCUT2D eigenvalue weighted by Gasteiger charge is 2.41. The van der Waals surface area contributed by atoms with Crippen LogP contribution in [0.15, 0.2) is 24.3 Å². The SMILES string of the molecule is CC(C)(Cc1cccc(Cl)c1)C(=O)NC1C2CCCC1CC(N)C2.Cl. The van der Waals surface area contributed by atoms with Gasteiger partial charge in [0, 0.05) is 22.5 Å². The van der Waals surface area contributed by atoms with Crippen LogP contribution in [0.5, 0.6) is 0 Å². The van der Waals surface area contributed by atoms with Crippen LogP contribution < -0.4 is 11.1 Å². The van der Waals surface area contributed by atoms with Crippen molar-refractivity contribution in [2.45, 2.75) is 64.5 Å². The van der Waals surface area contributed by atoms with E-state index >= 15 is 0 Å². The van der Waals surface area contributed by atoms with Gasteiger partial charge in [-0.1, -0.05) is 44.0 Å². The molecule has 0 spiro atoms. The Morgan fingerprint density at radius 3 is 2.52 bits per heavy atom. The van der Waals surface area contributed by atoms with Gasteiger partial charge in [-0.25, -0.2) is 0 Å². The second-order valence-corrected chi connectivity index (χ2v) is 8.81. The van der Waals surface area contributed by atoms with E-state index in [9.17, 15) is 4.79 Å². The molecule has 2 aliphatic carbocycles. The second kappa shape index (κ2) is 8.28. The van der Waals surface area contributed by atoms with E-state index in [1.165, 1.54) is 19.3 Å². The van der Waals surface area contributed by atoms with Crippen LogP contribution >= 0.6 is 24.0 Å². The largest absolute Gasteiger partial charge is 0.352 e. The molecule has 2 bridgehead atoms. The second-order valence-electron chi connectivity index (χ2n) is 8.37. The number of fused-ring (bicyclic) bond motifs is 2. The van der Waals surface area contributed by atoms with Crippen LogP contribution in [0, 0.1) is 17.3 Å². The summed E-state index contributed by atoms with van der Waals surface area (Å²) in [7, 11) is 0. The molecule has 0 aromatic heterocycles. The van der Waals surface area contributed by atoms with Gasteiger partial charge in [-0.05, 0) is 61.6 Å². The number of nitrogens with one attached hydrogen (secondary N) is 1. The van der Waals surface area contributed by atoms with Gasteiger partial charge in [0.2, 0.25) is 5.91 Å². The first-order chi connectivity index (χ1) is 11.3. The Labute approximate surface area is 162 Å². The topological polar surface area (TPSA) is 55.1 Å². The third kappa shape index (κ3) is 4.90. The predicted octanol–water partition coefficient (Wildman–Crippen LogP) is 4.35. The smallest absolute Gasteiger partial charge is 0.226 e. The first-order valence-corrected chi connectivity index (χ1v) is 9.54. The third-order valence-corrected chi connectivity index (χ3v) is 6.06. The molecule has 2 atom stereocenters. The Morgan fingerprint density at radius 1 is 1.28 bits per heavy atom. The van der Waals surface area contributed by atoms with Crippen molar-refractivity contribution in [1.82, 2.24) is 5.32 Å². The Hall–Kier alpha value is -0.770. The van der Waals surface area contributed by atoms with Crippen LogP contribution in [0.1, 0.15) is 51.5 Å². The predicted molar refractivity (Wildman–Crippen MR) is 106 cm³/mol. The zero-order valence-electron chi connectivity index (χ0n) is 15.1. The van der Waals surface area contributed by atoms with Crippen LogP contribution in [-0.2, 0) is 11.2 Å². The standard InChI is InChI=1S/C20H29ClN2O.ClH/c1-20(2,12-13-5-3-8-16(21)9-13)19(24)23-18-14-6-4-7-15(18)11-17(22)10-14;/h3,5,8-9,14-15,17-18H,4,6-7,10-12,22H2,1-2H3,(H,23,24);1H. The van der Waals surface area contributed by atoms with Crippen LogP contribution in [0.25, 0.3) is 0 Å². The van der Waals surface area contributed by atoms with Crippen LogP contribution in [0.4, 0.5) is 0 Å². The fraction of sp³-hybridized carbons (Fsp3) is 0.650. The summed E-state index contributed by atoms with van der Waals surface area (Å²) in [6.07, 6.45) is 6.47. The van der Waals surface area contributed by atoms with Gasteiger partial charge in [0.1, 0.15) is 0 Å². The minimum Gasteiger partial charge on any atom is -0.352 e. The van der Waals surface area contributed by atoms with E-state index in [1.54, 1.807) is 0 Å². The molecule has 2 saturated carbocycles. The van der Waals surface area contributed by atoms with Gasteiger partial charge >= 0.3 is 0 Å². The minimum absolute atomic E-state index is 0. The summed E-state index contributed by atoms with van der Waals surface area (Å²) in [5.41, 5.74) is 6.85. The molecule has 3 N–H and O–H groups in total. The average Bonchev–Trinajstić information content (AvgIpc) is 2.47. The molecule has 0 saturated heterocycles. The van der Waals surface area contributed by atoms with Gasteiger partial charge in [-0.3, -0.25) is 4.79 Å². The van der Waals surface area contributed by atoms with Gasteiger partial charge in [-0.2, -0.15) is 0 Å². The van der Waals surface area contributed by atoms with Crippen molar-refractivity contribution in [3.63, 3.8) is 0 Å². The minimum atomic E-state index is -0.446. The molecule has 3 rings (SSSR count). The molecule has 25 heavy (non-hydrogen) atoms. The average molecular weight is 385 g/mol. The number of nitrogens with two attached hydrogens (primary N) is 1. The van der Waals surface area contributed by atoms with Gasteiger partial charge < -0.3 is 11.1 Å². The summed E-state index contributed by atoms with van der Waals surface area (Å²) >= 11 is 6.07. The molecule has 2 aliphatic rings. The number of carbonyl (C=O) groups excluding carboxylic acids is 1. The summed E-state index contributed by atoms with van der Waals surface area (Å²) in [5.74, 6) is 1.26. The van der Waals surface area contributed by atoms with Crippen molar-refractivity contribution in [2.24, 2.45) is 23.0 Å². The Bertz CT molecular complexity index is 591. The molecule has 1 aromatic rings. The van der Waals surface area contributed by atoms with Gasteiger partial charge in [-0.15, -0.1) is 12.4 Å². The molecule has 5 heteroatoms. The number of hydrogen-bond acceptors (Lipinski definition) is 2. The van der Waals surface area contributed by atoms with Gasteiger partial charge in [0.15, 0.2) is 0 Å². The number of carbonyl (C=O) groups is 1. The zero-order chi connectivity index (χ0) is 17.3. The maximum Gasteiger partial charge on any atom is 0.226 e. The Balaban J connectivity index is 0.00000225. The number of halogens is 2. The molecule has 2 fully saturated rings. The lowest BCUT2D eigenvalue weighted by Crippen LogP contribution is -2.56. The van der Waals surface area contributed by atoms with E-state index in [2.05, 4.69) is 5.32 Å². The zero-order valence-corrected chi connectivity index (χ0v) is 16.7. The number of amides is 1. The fourth-order valence-electron chi connectivity index (χ4n) is 4.61. The quantitative estimate of drug-likeness (QED) is 0.810.